The first kappa shape index (κ1) is 20.3. The Labute approximate surface area is 156 Å². The summed E-state index contributed by atoms with van der Waals surface area (Å²) in [5.74, 6) is -3.30. The molecule has 0 aliphatic carbocycles. The van der Waals surface area contributed by atoms with Crippen molar-refractivity contribution in [3.05, 3.63) is 23.2 Å². The van der Waals surface area contributed by atoms with E-state index in [1.54, 1.807) is 0 Å². The molecule has 0 radical (unpaired) electrons. The second-order valence-corrected chi connectivity index (χ2v) is 7.27. The molecule has 1 aliphatic rings. The summed E-state index contributed by atoms with van der Waals surface area (Å²) >= 11 is 1.02. The molecule has 2 rings (SSSR count). The zero-order valence-corrected chi connectivity index (χ0v) is 15.3. The zero-order chi connectivity index (χ0) is 20.5. The molecule has 27 heavy (non-hydrogen) atoms. The third-order valence-corrected chi connectivity index (χ3v) is 5.00. The Morgan fingerprint density at radius 1 is 1.52 bits per heavy atom. The van der Waals surface area contributed by atoms with E-state index in [0.29, 0.717) is 0 Å². The molecular weight excluding hydrogens is 404 g/mol. The van der Waals surface area contributed by atoms with Gasteiger partial charge in [-0.15, -0.1) is 11.3 Å². The standard InChI is InChI=1S/C12H14N6O7S2/c1-4(9(13)19)8-7(11(21)18(8)27(22,23)24)16-10(20)6(17-25-2)5-3-26-12(14)15-5/h3,7-8H,1H2,2H3,(H2,13,19)(H2,14,15)(H,16,20)(H,22,23,24)/b17-6-/t7-,8-/m0/s1. The van der Waals surface area contributed by atoms with Crippen LogP contribution < -0.4 is 16.8 Å². The van der Waals surface area contributed by atoms with Crippen LogP contribution in [0, 0.1) is 0 Å². The number of primary amides is 1. The maximum absolute atomic E-state index is 12.5. The highest BCUT2D eigenvalue weighted by molar-refractivity contribution is 7.84. The quantitative estimate of drug-likeness (QED) is 0.122. The lowest BCUT2D eigenvalue weighted by molar-refractivity contribution is -0.143. The van der Waals surface area contributed by atoms with E-state index in [0.717, 1.165) is 18.4 Å². The largest absolute Gasteiger partial charge is 0.398 e. The predicted octanol–water partition coefficient (Wildman–Crippen LogP) is -2.38. The molecule has 0 unspecified atom stereocenters. The number of amides is 3. The minimum atomic E-state index is -5.01. The molecule has 1 aromatic rings. The molecule has 1 fully saturated rings. The molecule has 1 aliphatic heterocycles. The van der Waals surface area contributed by atoms with Gasteiger partial charge in [0.25, 0.3) is 11.8 Å². The monoisotopic (exact) mass is 418 g/mol. The molecule has 6 N–H and O–H groups in total. The van der Waals surface area contributed by atoms with Gasteiger partial charge in [0.15, 0.2) is 10.8 Å². The van der Waals surface area contributed by atoms with Crippen molar-refractivity contribution in [1.29, 1.82) is 0 Å². The highest BCUT2D eigenvalue weighted by atomic mass is 32.2. The number of β-lactam (4-membered cyclic amide) rings is 1. The lowest BCUT2D eigenvalue weighted by Crippen LogP contribution is -2.73. The molecule has 15 heteroatoms. The van der Waals surface area contributed by atoms with Crippen molar-refractivity contribution in [3.8, 4) is 0 Å². The van der Waals surface area contributed by atoms with E-state index < -0.39 is 45.7 Å². The molecular formula is C12H14N6O7S2. The SMILES string of the molecule is C=C(C(N)=O)[C@H]1[C@H](NC(=O)/C(=N\OC)c2csc(N)n2)C(=O)N1S(=O)(=O)O. The van der Waals surface area contributed by atoms with Crippen molar-refractivity contribution in [3.63, 3.8) is 0 Å². The fraction of sp³-hybridized carbons (Fsp3) is 0.250. The topological polar surface area (TPSA) is 207 Å². The van der Waals surface area contributed by atoms with Gasteiger partial charge in [-0.1, -0.05) is 11.7 Å². The lowest BCUT2D eigenvalue weighted by atomic mass is 9.91. The third kappa shape index (κ3) is 3.88. The average molecular weight is 418 g/mol. The number of nitrogen functional groups attached to an aromatic ring is 1. The molecule has 146 valence electrons. The Hall–Kier alpha value is -3.04. The summed E-state index contributed by atoms with van der Waals surface area (Å²) < 4.78 is 31.8. The van der Waals surface area contributed by atoms with Gasteiger partial charge < -0.3 is 21.6 Å². The molecule has 1 saturated heterocycles. The van der Waals surface area contributed by atoms with Crippen LogP contribution in [0.2, 0.25) is 0 Å². The summed E-state index contributed by atoms with van der Waals surface area (Å²) in [7, 11) is -3.85. The van der Waals surface area contributed by atoms with Crippen LogP contribution in [-0.4, -0.2) is 64.9 Å². The van der Waals surface area contributed by atoms with Gasteiger partial charge in [0, 0.05) is 11.0 Å². The minimum absolute atomic E-state index is 0.0149. The van der Waals surface area contributed by atoms with Crippen molar-refractivity contribution in [2.24, 2.45) is 10.9 Å². The van der Waals surface area contributed by atoms with Gasteiger partial charge in [-0.25, -0.2) is 9.29 Å². The number of oxime groups is 1. The number of nitrogens with two attached hydrogens (primary N) is 2. The Bertz CT molecular complexity index is 953. The Kier molecular flexibility index (Phi) is 5.48. The summed E-state index contributed by atoms with van der Waals surface area (Å²) in [5.41, 5.74) is 9.73. The van der Waals surface area contributed by atoms with Gasteiger partial charge >= 0.3 is 10.3 Å². The van der Waals surface area contributed by atoms with Crippen LogP contribution in [0.5, 0.6) is 0 Å². The number of anilines is 1. The molecule has 0 spiro atoms. The van der Waals surface area contributed by atoms with E-state index in [-0.39, 0.29) is 20.8 Å². The van der Waals surface area contributed by atoms with Crippen molar-refractivity contribution in [2.75, 3.05) is 12.8 Å². The number of thiazole rings is 1. The van der Waals surface area contributed by atoms with Crippen LogP contribution in [0.4, 0.5) is 5.13 Å². The first-order valence-corrected chi connectivity index (χ1v) is 9.19. The van der Waals surface area contributed by atoms with E-state index in [1.165, 1.54) is 5.38 Å². The van der Waals surface area contributed by atoms with Crippen molar-refractivity contribution in [2.45, 2.75) is 12.1 Å². The van der Waals surface area contributed by atoms with E-state index in [4.69, 9.17) is 16.0 Å². The molecule has 3 amide bonds. The molecule has 1 aromatic heterocycles. The van der Waals surface area contributed by atoms with E-state index in [9.17, 15) is 22.8 Å². The van der Waals surface area contributed by atoms with Crippen LogP contribution in [0.3, 0.4) is 0 Å². The van der Waals surface area contributed by atoms with Gasteiger partial charge in [-0.05, 0) is 0 Å². The Morgan fingerprint density at radius 2 is 2.15 bits per heavy atom. The molecule has 2 atom stereocenters. The fourth-order valence-corrected chi connectivity index (χ4v) is 3.68. The molecule has 2 heterocycles. The van der Waals surface area contributed by atoms with Crippen molar-refractivity contribution < 1.29 is 32.2 Å². The average Bonchev–Trinajstić information content (AvgIpc) is 2.98. The third-order valence-electron chi connectivity index (χ3n) is 3.42. The summed E-state index contributed by atoms with van der Waals surface area (Å²) in [4.78, 5) is 44.3. The first-order valence-electron chi connectivity index (χ1n) is 6.91. The zero-order valence-electron chi connectivity index (χ0n) is 13.6. The van der Waals surface area contributed by atoms with E-state index >= 15 is 0 Å². The normalized spacial score (nSPS) is 20.0. The summed E-state index contributed by atoms with van der Waals surface area (Å²) in [5, 5.41) is 7.23. The molecule has 0 saturated carbocycles. The van der Waals surface area contributed by atoms with Crippen molar-refractivity contribution >= 4 is 50.2 Å². The molecule has 13 nitrogen and oxygen atoms in total. The highest BCUT2D eigenvalue weighted by Gasteiger charge is 2.56. The molecule has 0 aromatic carbocycles. The number of rotatable bonds is 7. The van der Waals surface area contributed by atoms with Crippen LogP contribution in [0.1, 0.15) is 5.69 Å². The Morgan fingerprint density at radius 3 is 2.59 bits per heavy atom. The number of nitrogens with one attached hydrogen (secondary N) is 1. The van der Waals surface area contributed by atoms with Crippen LogP contribution in [-0.2, 0) is 29.5 Å². The second kappa shape index (κ2) is 7.29. The highest BCUT2D eigenvalue weighted by Crippen LogP contribution is 2.28. The van der Waals surface area contributed by atoms with E-state index in [1.807, 2.05) is 0 Å². The minimum Gasteiger partial charge on any atom is -0.398 e. The maximum atomic E-state index is 12.5. The number of hydrogen-bond acceptors (Lipinski definition) is 10. The Balaban J connectivity index is 2.32. The van der Waals surface area contributed by atoms with Gasteiger partial charge in [0.1, 0.15) is 24.9 Å². The number of carbonyl (C=O) groups excluding carboxylic acids is 3. The van der Waals surface area contributed by atoms with Gasteiger partial charge in [-0.3, -0.25) is 18.9 Å². The van der Waals surface area contributed by atoms with Gasteiger partial charge in [0.05, 0.1) is 0 Å². The van der Waals surface area contributed by atoms with Gasteiger partial charge in [-0.2, -0.15) is 8.42 Å². The molecule has 0 bridgehead atoms. The number of nitrogens with zero attached hydrogens (tertiary/aromatic N) is 3. The summed E-state index contributed by atoms with van der Waals surface area (Å²) in [6.45, 7) is 3.30. The van der Waals surface area contributed by atoms with Gasteiger partial charge in [0.2, 0.25) is 5.91 Å². The smallest absolute Gasteiger partial charge is 0.362 e. The van der Waals surface area contributed by atoms with Crippen LogP contribution in [0.25, 0.3) is 0 Å². The maximum Gasteiger partial charge on any atom is 0.362 e. The first-order chi connectivity index (χ1) is 12.5. The van der Waals surface area contributed by atoms with E-state index in [2.05, 4.69) is 26.9 Å². The lowest BCUT2D eigenvalue weighted by Gasteiger charge is -2.44. The van der Waals surface area contributed by atoms with Crippen LogP contribution in [0.15, 0.2) is 22.7 Å². The fourth-order valence-electron chi connectivity index (χ4n) is 2.25. The van der Waals surface area contributed by atoms with Crippen molar-refractivity contribution in [1.82, 2.24) is 14.6 Å². The van der Waals surface area contributed by atoms with Crippen LogP contribution >= 0.6 is 11.3 Å². The number of hydrogen-bond donors (Lipinski definition) is 4. The number of carbonyl (C=O) groups is 3. The predicted molar refractivity (Wildman–Crippen MR) is 92.5 cm³/mol. The summed E-state index contributed by atoms with van der Waals surface area (Å²) in [6.07, 6.45) is 0. The summed E-state index contributed by atoms with van der Waals surface area (Å²) in [6, 6.07) is -3.14. The number of aromatic nitrogens is 1. The second-order valence-electron chi connectivity index (χ2n) is 5.09.